The van der Waals surface area contributed by atoms with Crippen molar-refractivity contribution in [3.63, 3.8) is 0 Å². The molecule has 66 valence electrons. The molecule has 0 aromatic rings. The summed E-state index contributed by atoms with van der Waals surface area (Å²) >= 11 is 0. The third kappa shape index (κ3) is 4.97. The van der Waals surface area contributed by atoms with Crippen LogP contribution in [0.2, 0.25) is 0 Å². The molecule has 0 aliphatic heterocycles. The fraction of sp³-hybridized carbons (Fsp3) is 0.889. The average Bonchev–Trinajstić information content (AvgIpc) is 2.00. The smallest absolute Gasteiger partial charge is 0.550 e. The minimum Gasteiger partial charge on any atom is -0.550 e. The first-order valence-corrected chi connectivity index (χ1v) is 4.21. The Morgan fingerprint density at radius 2 is 1.75 bits per heavy atom. The van der Waals surface area contributed by atoms with Crippen molar-refractivity contribution in [2.24, 2.45) is 17.8 Å². The van der Waals surface area contributed by atoms with Gasteiger partial charge in [-0.1, -0.05) is 34.1 Å². The maximum Gasteiger partial charge on any atom is 1.00 e. The molecule has 0 N–H and O–H groups in total. The SMILES string of the molecule is CCC(C)C(C)C(C)C(=O)[O-].[K+]. The molecule has 0 aliphatic carbocycles. The van der Waals surface area contributed by atoms with Crippen molar-refractivity contribution in [2.75, 3.05) is 0 Å². The van der Waals surface area contributed by atoms with Gasteiger partial charge in [0, 0.05) is 5.97 Å². The van der Waals surface area contributed by atoms with Gasteiger partial charge >= 0.3 is 51.4 Å². The fourth-order valence-electron chi connectivity index (χ4n) is 1.08. The Morgan fingerprint density at radius 3 is 2.00 bits per heavy atom. The Hall–Kier alpha value is 1.11. The van der Waals surface area contributed by atoms with Crippen molar-refractivity contribution in [3.8, 4) is 0 Å². The summed E-state index contributed by atoms with van der Waals surface area (Å²) in [5, 5.41) is 10.5. The summed E-state index contributed by atoms with van der Waals surface area (Å²) in [6.07, 6.45) is 1.03. The first kappa shape index (κ1) is 15.6. The van der Waals surface area contributed by atoms with E-state index in [2.05, 4.69) is 13.8 Å². The second-order valence-electron chi connectivity index (χ2n) is 3.35. The maximum atomic E-state index is 10.5. The molecule has 3 unspecified atom stereocenters. The topological polar surface area (TPSA) is 40.1 Å². The minimum atomic E-state index is -0.933. The van der Waals surface area contributed by atoms with Crippen molar-refractivity contribution in [1.82, 2.24) is 0 Å². The minimum absolute atomic E-state index is 0. The van der Waals surface area contributed by atoms with Gasteiger partial charge in [-0.15, -0.1) is 0 Å². The van der Waals surface area contributed by atoms with Gasteiger partial charge in [-0.25, -0.2) is 0 Å². The molecule has 0 aromatic carbocycles. The largest absolute Gasteiger partial charge is 1.00 e. The molecular formula is C9H17KO2. The van der Waals surface area contributed by atoms with E-state index in [1.165, 1.54) is 0 Å². The monoisotopic (exact) mass is 196 g/mol. The van der Waals surface area contributed by atoms with Crippen LogP contribution in [0.5, 0.6) is 0 Å². The molecule has 0 bridgehead atoms. The van der Waals surface area contributed by atoms with E-state index in [1.807, 2.05) is 6.92 Å². The molecule has 0 saturated heterocycles. The molecule has 0 aromatic heterocycles. The molecule has 0 spiro atoms. The second-order valence-corrected chi connectivity index (χ2v) is 3.35. The molecule has 3 heteroatoms. The number of hydrogen-bond acceptors (Lipinski definition) is 2. The van der Waals surface area contributed by atoms with Crippen molar-refractivity contribution in [3.05, 3.63) is 0 Å². The number of carbonyl (C=O) groups is 1. The molecule has 2 nitrogen and oxygen atoms in total. The number of carbonyl (C=O) groups excluding carboxylic acids is 1. The van der Waals surface area contributed by atoms with Crippen LogP contribution in [-0.4, -0.2) is 5.97 Å². The Kier molecular flexibility index (Phi) is 9.74. The van der Waals surface area contributed by atoms with Crippen LogP contribution in [0.3, 0.4) is 0 Å². The van der Waals surface area contributed by atoms with Crippen molar-refractivity contribution in [2.45, 2.75) is 34.1 Å². The molecule has 0 saturated carbocycles. The third-order valence-corrected chi connectivity index (χ3v) is 2.70. The summed E-state index contributed by atoms with van der Waals surface area (Å²) < 4.78 is 0. The number of carboxylic acid groups (broad SMARTS) is 1. The summed E-state index contributed by atoms with van der Waals surface area (Å²) in [6.45, 7) is 7.83. The summed E-state index contributed by atoms with van der Waals surface area (Å²) in [5.41, 5.74) is 0. The van der Waals surface area contributed by atoms with Crippen molar-refractivity contribution in [1.29, 1.82) is 0 Å². The summed E-state index contributed by atoms with van der Waals surface area (Å²) in [5.74, 6) is -0.587. The molecule has 12 heavy (non-hydrogen) atoms. The first-order chi connectivity index (χ1) is 5.00. The Morgan fingerprint density at radius 1 is 1.33 bits per heavy atom. The van der Waals surface area contributed by atoms with Crippen LogP contribution in [0.1, 0.15) is 34.1 Å². The zero-order valence-electron chi connectivity index (χ0n) is 8.76. The van der Waals surface area contributed by atoms with Gasteiger partial charge in [0.15, 0.2) is 0 Å². The fourth-order valence-corrected chi connectivity index (χ4v) is 1.08. The number of hydrogen-bond donors (Lipinski definition) is 0. The van der Waals surface area contributed by atoms with Gasteiger partial charge in [0.2, 0.25) is 0 Å². The van der Waals surface area contributed by atoms with E-state index in [1.54, 1.807) is 6.92 Å². The van der Waals surface area contributed by atoms with E-state index in [0.717, 1.165) is 6.42 Å². The van der Waals surface area contributed by atoms with E-state index in [4.69, 9.17) is 0 Å². The van der Waals surface area contributed by atoms with E-state index in [-0.39, 0.29) is 63.2 Å². The Bertz CT molecular complexity index is 136. The van der Waals surface area contributed by atoms with Crippen molar-refractivity contribution < 1.29 is 61.3 Å². The van der Waals surface area contributed by atoms with Crippen LogP contribution >= 0.6 is 0 Å². The molecule has 0 fully saturated rings. The average molecular weight is 196 g/mol. The van der Waals surface area contributed by atoms with E-state index in [9.17, 15) is 9.90 Å². The maximum absolute atomic E-state index is 10.5. The summed E-state index contributed by atoms with van der Waals surface area (Å²) in [6, 6.07) is 0. The van der Waals surface area contributed by atoms with Gasteiger partial charge in [0.05, 0.1) is 0 Å². The van der Waals surface area contributed by atoms with Crippen LogP contribution in [0.15, 0.2) is 0 Å². The molecule has 0 heterocycles. The van der Waals surface area contributed by atoms with Gasteiger partial charge in [-0.2, -0.15) is 0 Å². The standard InChI is InChI=1S/C9H18O2.K/c1-5-6(2)7(3)8(4)9(10)11;/h6-8H,5H2,1-4H3,(H,10,11);/q;+1/p-1. The van der Waals surface area contributed by atoms with Gasteiger partial charge in [0.1, 0.15) is 0 Å². The predicted molar refractivity (Wildman–Crippen MR) is 42.8 cm³/mol. The van der Waals surface area contributed by atoms with Gasteiger partial charge in [-0.05, 0) is 17.8 Å². The number of carboxylic acids is 1. The van der Waals surface area contributed by atoms with Crippen LogP contribution in [-0.2, 0) is 4.79 Å². The molecule has 3 atom stereocenters. The van der Waals surface area contributed by atoms with Gasteiger partial charge < -0.3 is 9.90 Å². The molecular weight excluding hydrogens is 179 g/mol. The molecule has 0 rings (SSSR count). The normalized spacial score (nSPS) is 17.3. The predicted octanol–water partition coefficient (Wildman–Crippen LogP) is -1.94. The van der Waals surface area contributed by atoms with E-state index in [0.29, 0.717) is 5.92 Å². The van der Waals surface area contributed by atoms with Crippen LogP contribution in [0, 0.1) is 17.8 Å². The number of rotatable bonds is 4. The Labute approximate surface area is 118 Å². The van der Waals surface area contributed by atoms with Gasteiger partial charge in [0.25, 0.3) is 0 Å². The molecule has 0 aliphatic rings. The van der Waals surface area contributed by atoms with Crippen molar-refractivity contribution >= 4 is 5.97 Å². The number of aliphatic carboxylic acids is 1. The van der Waals surface area contributed by atoms with Crippen LogP contribution in [0.4, 0.5) is 0 Å². The molecule has 0 radical (unpaired) electrons. The quantitative estimate of drug-likeness (QED) is 0.491. The Balaban J connectivity index is 0. The third-order valence-electron chi connectivity index (χ3n) is 2.70. The second kappa shape index (κ2) is 7.50. The zero-order valence-corrected chi connectivity index (χ0v) is 11.9. The summed E-state index contributed by atoms with van der Waals surface area (Å²) in [4.78, 5) is 10.5. The first-order valence-electron chi connectivity index (χ1n) is 4.21. The van der Waals surface area contributed by atoms with Crippen LogP contribution < -0.4 is 56.5 Å². The van der Waals surface area contributed by atoms with E-state index >= 15 is 0 Å². The van der Waals surface area contributed by atoms with Gasteiger partial charge in [-0.3, -0.25) is 0 Å². The summed E-state index contributed by atoms with van der Waals surface area (Å²) in [7, 11) is 0. The molecule has 0 amide bonds. The van der Waals surface area contributed by atoms with E-state index < -0.39 is 5.97 Å². The zero-order chi connectivity index (χ0) is 9.02. The van der Waals surface area contributed by atoms with Crippen LogP contribution in [0.25, 0.3) is 0 Å².